The summed E-state index contributed by atoms with van der Waals surface area (Å²) in [6.45, 7) is 0.466. The van der Waals surface area contributed by atoms with E-state index < -0.39 is 6.10 Å². The van der Waals surface area contributed by atoms with Crippen LogP contribution in [-0.2, 0) is 6.42 Å². The first kappa shape index (κ1) is 12.0. The third kappa shape index (κ3) is 2.39. The van der Waals surface area contributed by atoms with Crippen LogP contribution in [0.15, 0.2) is 42.7 Å². The van der Waals surface area contributed by atoms with Gasteiger partial charge in [0.2, 0.25) is 0 Å². The lowest BCUT2D eigenvalue weighted by Gasteiger charge is -2.30. The number of benzene rings is 1. The van der Waals surface area contributed by atoms with Crippen molar-refractivity contribution in [3.8, 4) is 11.5 Å². The average Bonchev–Trinajstić information content (AvgIpc) is 2.44. The molecule has 1 aliphatic rings. The van der Waals surface area contributed by atoms with Gasteiger partial charge in [-0.3, -0.25) is 4.98 Å². The molecule has 4 heteroatoms. The molecule has 1 aliphatic heterocycles. The van der Waals surface area contributed by atoms with Crippen molar-refractivity contribution in [3.05, 3.63) is 53.9 Å². The molecule has 0 amide bonds. The van der Waals surface area contributed by atoms with Crippen LogP contribution >= 0.6 is 0 Å². The van der Waals surface area contributed by atoms with Gasteiger partial charge in [0.25, 0.3) is 0 Å². The Labute approximate surface area is 111 Å². The van der Waals surface area contributed by atoms with Crippen molar-refractivity contribution in [1.82, 2.24) is 4.98 Å². The minimum atomic E-state index is -0.629. The molecule has 2 atom stereocenters. The minimum absolute atomic E-state index is 0.0292. The van der Waals surface area contributed by atoms with Crippen LogP contribution in [0.3, 0.4) is 0 Å². The molecule has 0 spiro atoms. The molecule has 0 saturated carbocycles. The van der Waals surface area contributed by atoms with Gasteiger partial charge < -0.3 is 14.9 Å². The second kappa shape index (κ2) is 4.90. The summed E-state index contributed by atoms with van der Waals surface area (Å²) in [7, 11) is 0. The predicted octanol–water partition coefficient (Wildman–Crippen LogP) is 2.07. The maximum absolute atomic E-state index is 10.4. The van der Waals surface area contributed by atoms with E-state index in [4.69, 9.17) is 4.74 Å². The standard InChI is InChI=1S/C15H15NO3/c17-12-3-4-14-13(7-12)15(18)11(9-19-14)6-10-2-1-5-16-8-10/h1-5,7-8,11,15,17-18H,6,9H2/t11-,15-/m1/s1. The second-order valence-electron chi connectivity index (χ2n) is 4.80. The van der Waals surface area contributed by atoms with E-state index in [1.165, 1.54) is 0 Å². The van der Waals surface area contributed by atoms with Crippen LogP contribution in [0.5, 0.6) is 11.5 Å². The number of hydrogen-bond acceptors (Lipinski definition) is 4. The van der Waals surface area contributed by atoms with Crippen LogP contribution in [0, 0.1) is 5.92 Å². The minimum Gasteiger partial charge on any atom is -0.508 e. The molecule has 1 aromatic carbocycles. The average molecular weight is 257 g/mol. The van der Waals surface area contributed by atoms with Gasteiger partial charge in [-0.1, -0.05) is 6.07 Å². The van der Waals surface area contributed by atoms with Crippen molar-refractivity contribution in [2.45, 2.75) is 12.5 Å². The lowest BCUT2D eigenvalue weighted by molar-refractivity contribution is 0.0505. The summed E-state index contributed by atoms with van der Waals surface area (Å²) in [4.78, 5) is 4.07. The molecule has 98 valence electrons. The van der Waals surface area contributed by atoms with Gasteiger partial charge in [0.15, 0.2) is 0 Å². The van der Waals surface area contributed by atoms with E-state index in [1.54, 1.807) is 30.6 Å². The highest BCUT2D eigenvalue weighted by Gasteiger charge is 2.29. The Kier molecular flexibility index (Phi) is 3.09. The Morgan fingerprint density at radius 2 is 2.21 bits per heavy atom. The van der Waals surface area contributed by atoms with E-state index >= 15 is 0 Å². The quantitative estimate of drug-likeness (QED) is 0.864. The second-order valence-corrected chi connectivity index (χ2v) is 4.80. The number of rotatable bonds is 2. The Bertz CT molecular complexity index is 571. The molecular formula is C15H15NO3. The van der Waals surface area contributed by atoms with E-state index in [1.807, 2.05) is 12.1 Å². The number of hydrogen-bond donors (Lipinski definition) is 2. The lowest BCUT2D eigenvalue weighted by Crippen LogP contribution is -2.27. The van der Waals surface area contributed by atoms with Crippen LogP contribution in [-0.4, -0.2) is 21.8 Å². The fourth-order valence-electron chi connectivity index (χ4n) is 2.43. The normalized spacial score (nSPS) is 21.5. The van der Waals surface area contributed by atoms with Crippen LogP contribution in [0.1, 0.15) is 17.2 Å². The number of ether oxygens (including phenoxy) is 1. The number of phenolic OH excluding ortho intramolecular Hbond substituents is 1. The van der Waals surface area contributed by atoms with Crippen molar-refractivity contribution in [2.75, 3.05) is 6.61 Å². The zero-order valence-electron chi connectivity index (χ0n) is 10.4. The molecule has 2 N–H and O–H groups in total. The van der Waals surface area contributed by atoms with Crippen molar-refractivity contribution in [1.29, 1.82) is 0 Å². The van der Waals surface area contributed by atoms with Gasteiger partial charge in [-0.15, -0.1) is 0 Å². The molecule has 0 saturated heterocycles. The number of fused-ring (bicyclic) bond motifs is 1. The first-order valence-corrected chi connectivity index (χ1v) is 6.27. The molecule has 2 heterocycles. The van der Waals surface area contributed by atoms with E-state index in [0.29, 0.717) is 24.3 Å². The Balaban J connectivity index is 1.83. The van der Waals surface area contributed by atoms with Crippen molar-refractivity contribution in [2.24, 2.45) is 5.92 Å². The van der Waals surface area contributed by atoms with Gasteiger partial charge in [0.05, 0.1) is 12.7 Å². The third-order valence-corrected chi connectivity index (χ3v) is 3.43. The SMILES string of the molecule is Oc1ccc2c(c1)[C@H](O)[C@H](Cc1cccnc1)CO2. The predicted molar refractivity (Wildman–Crippen MR) is 70.0 cm³/mol. The van der Waals surface area contributed by atoms with E-state index in [2.05, 4.69) is 4.98 Å². The zero-order chi connectivity index (χ0) is 13.2. The number of nitrogens with zero attached hydrogens (tertiary/aromatic N) is 1. The number of aromatic hydroxyl groups is 1. The summed E-state index contributed by atoms with van der Waals surface area (Å²) in [6, 6.07) is 8.68. The summed E-state index contributed by atoms with van der Waals surface area (Å²) in [5.41, 5.74) is 1.72. The summed E-state index contributed by atoms with van der Waals surface area (Å²) in [5.74, 6) is 0.759. The molecule has 0 fully saturated rings. The third-order valence-electron chi connectivity index (χ3n) is 3.43. The van der Waals surface area contributed by atoms with E-state index in [9.17, 15) is 10.2 Å². The van der Waals surface area contributed by atoms with Gasteiger partial charge in [-0.25, -0.2) is 0 Å². The van der Waals surface area contributed by atoms with Gasteiger partial charge in [0.1, 0.15) is 11.5 Å². The van der Waals surface area contributed by atoms with Crippen LogP contribution in [0.4, 0.5) is 0 Å². The number of aliphatic hydroxyl groups excluding tert-OH is 1. The lowest BCUT2D eigenvalue weighted by atomic mass is 9.88. The largest absolute Gasteiger partial charge is 0.508 e. The Hall–Kier alpha value is -2.07. The molecule has 0 unspecified atom stereocenters. The fourth-order valence-corrected chi connectivity index (χ4v) is 2.43. The Morgan fingerprint density at radius 3 is 3.00 bits per heavy atom. The molecule has 2 aromatic rings. The maximum Gasteiger partial charge on any atom is 0.125 e. The molecule has 19 heavy (non-hydrogen) atoms. The molecule has 0 bridgehead atoms. The summed E-state index contributed by atoms with van der Waals surface area (Å²) >= 11 is 0. The fraction of sp³-hybridized carbons (Fsp3) is 0.267. The summed E-state index contributed by atoms with van der Waals surface area (Å²) < 4.78 is 5.64. The highest BCUT2D eigenvalue weighted by Crippen LogP contribution is 2.38. The van der Waals surface area contributed by atoms with Crippen LogP contribution < -0.4 is 4.74 Å². The number of aromatic nitrogens is 1. The van der Waals surface area contributed by atoms with Gasteiger partial charge >= 0.3 is 0 Å². The molecule has 3 rings (SSSR count). The smallest absolute Gasteiger partial charge is 0.125 e. The number of pyridine rings is 1. The first-order chi connectivity index (χ1) is 9.24. The number of aliphatic hydroxyl groups is 1. The zero-order valence-corrected chi connectivity index (χ0v) is 10.4. The van der Waals surface area contributed by atoms with Crippen molar-refractivity contribution in [3.63, 3.8) is 0 Å². The van der Waals surface area contributed by atoms with Crippen molar-refractivity contribution < 1.29 is 14.9 Å². The molecule has 0 aliphatic carbocycles. The first-order valence-electron chi connectivity index (χ1n) is 6.27. The van der Waals surface area contributed by atoms with Crippen LogP contribution in [0.25, 0.3) is 0 Å². The number of phenols is 1. The van der Waals surface area contributed by atoms with Gasteiger partial charge in [-0.05, 0) is 36.2 Å². The highest BCUT2D eigenvalue weighted by molar-refractivity contribution is 5.42. The van der Waals surface area contributed by atoms with E-state index in [0.717, 1.165) is 5.56 Å². The highest BCUT2D eigenvalue weighted by atomic mass is 16.5. The monoisotopic (exact) mass is 257 g/mol. The molecule has 0 radical (unpaired) electrons. The maximum atomic E-state index is 10.4. The molecule has 4 nitrogen and oxygen atoms in total. The van der Waals surface area contributed by atoms with Crippen LogP contribution in [0.2, 0.25) is 0 Å². The van der Waals surface area contributed by atoms with E-state index in [-0.39, 0.29) is 11.7 Å². The molecule has 1 aromatic heterocycles. The van der Waals surface area contributed by atoms with Gasteiger partial charge in [0, 0.05) is 23.9 Å². The summed E-state index contributed by atoms with van der Waals surface area (Å²) in [5, 5.41) is 19.9. The topological polar surface area (TPSA) is 62.6 Å². The summed E-state index contributed by atoms with van der Waals surface area (Å²) in [6.07, 6.45) is 3.59. The van der Waals surface area contributed by atoms with Gasteiger partial charge in [-0.2, -0.15) is 0 Å². The van der Waals surface area contributed by atoms with Crippen molar-refractivity contribution >= 4 is 0 Å². The molecular weight excluding hydrogens is 242 g/mol. The Morgan fingerprint density at radius 1 is 1.32 bits per heavy atom.